The molecule has 0 spiro atoms. The van der Waals surface area contributed by atoms with Gasteiger partial charge >= 0.3 is 0 Å². The molecule has 2 aromatic carbocycles. The van der Waals surface area contributed by atoms with E-state index in [0.29, 0.717) is 13.1 Å². The molecule has 3 rings (SSSR count). The van der Waals surface area contributed by atoms with E-state index in [1.165, 1.54) is 6.07 Å². The molecule has 0 atom stereocenters. The molecule has 5 nitrogen and oxygen atoms in total. The number of nitrogens with one attached hydrogen (secondary N) is 3. The van der Waals surface area contributed by atoms with Crippen LogP contribution in [0.3, 0.4) is 0 Å². The first-order valence-electron chi connectivity index (χ1n) is 9.12. The summed E-state index contributed by atoms with van der Waals surface area (Å²) < 4.78 is 13.5. The number of fused-ring (bicyclic) bond motifs is 1. The summed E-state index contributed by atoms with van der Waals surface area (Å²) in [6.07, 6.45) is 0.767. The van der Waals surface area contributed by atoms with Crippen LogP contribution in [-0.2, 0) is 11.8 Å². The Morgan fingerprint density at radius 2 is 1.96 bits per heavy atom. The zero-order valence-electron chi connectivity index (χ0n) is 16.0. The highest BCUT2D eigenvalue weighted by Crippen LogP contribution is 2.22. The molecule has 0 unspecified atom stereocenters. The Morgan fingerprint density at radius 3 is 2.70 bits per heavy atom. The van der Waals surface area contributed by atoms with Crippen molar-refractivity contribution in [2.24, 2.45) is 4.99 Å². The van der Waals surface area contributed by atoms with E-state index in [1.54, 1.807) is 19.2 Å². The third-order valence-corrected chi connectivity index (χ3v) is 4.62. The molecule has 0 aliphatic heterocycles. The first-order valence-corrected chi connectivity index (χ1v) is 9.12. The highest BCUT2D eigenvalue weighted by molar-refractivity contribution is 5.79. The van der Waals surface area contributed by atoms with Crippen molar-refractivity contribution in [3.8, 4) is 0 Å². The van der Waals surface area contributed by atoms with Crippen LogP contribution >= 0.6 is 0 Å². The largest absolute Gasteiger partial charge is 0.356 e. The second-order valence-corrected chi connectivity index (χ2v) is 7.20. The number of imidazole rings is 1. The van der Waals surface area contributed by atoms with Gasteiger partial charge in [0.05, 0.1) is 11.0 Å². The van der Waals surface area contributed by atoms with Gasteiger partial charge in [-0.15, -0.1) is 0 Å². The fraction of sp³-hybridized carbons (Fsp3) is 0.333. The highest BCUT2D eigenvalue weighted by atomic mass is 19.1. The standard InChI is InChI=1S/C21H26FN5/c1-21(2,15-7-6-8-16(22)13-15)14-25-20(23-3)24-12-11-19-26-17-9-4-5-10-18(17)27-19/h4-10,13H,11-12,14H2,1-3H3,(H,26,27)(H2,23,24,25). The van der Waals surface area contributed by atoms with E-state index >= 15 is 0 Å². The number of nitrogens with zero attached hydrogens (tertiary/aromatic N) is 2. The molecule has 27 heavy (non-hydrogen) atoms. The summed E-state index contributed by atoms with van der Waals surface area (Å²) in [6.45, 7) is 5.51. The van der Waals surface area contributed by atoms with Crippen LogP contribution in [0.15, 0.2) is 53.5 Å². The third-order valence-electron chi connectivity index (χ3n) is 4.62. The summed E-state index contributed by atoms with van der Waals surface area (Å²) in [6, 6.07) is 14.7. The van der Waals surface area contributed by atoms with Crippen LogP contribution < -0.4 is 10.6 Å². The lowest BCUT2D eigenvalue weighted by atomic mass is 9.84. The number of aromatic nitrogens is 2. The Balaban J connectivity index is 1.51. The van der Waals surface area contributed by atoms with Crippen molar-refractivity contribution >= 4 is 17.0 Å². The molecular weight excluding hydrogens is 341 g/mol. The van der Waals surface area contributed by atoms with Gasteiger partial charge in [0, 0.05) is 32.0 Å². The van der Waals surface area contributed by atoms with Gasteiger partial charge < -0.3 is 15.6 Å². The average molecular weight is 367 g/mol. The summed E-state index contributed by atoms with van der Waals surface area (Å²) in [5.74, 6) is 1.45. The van der Waals surface area contributed by atoms with Gasteiger partial charge in [0.15, 0.2) is 5.96 Å². The zero-order valence-corrected chi connectivity index (χ0v) is 16.0. The fourth-order valence-corrected chi connectivity index (χ4v) is 2.96. The van der Waals surface area contributed by atoms with E-state index in [0.717, 1.165) is 34.8 Å². The van der Waals surface area contributed by atoms with E-state index in [9.17, 15) is 4.39 Å². The van der Waals surface area contributed by atoms with Crippen molar-refractivity contribution in [2.45, 2.75) is 25.7 Å². The van der Waals surface area contributed by atoms with Crippen molar-refractivity contribution < 1.29 is 4.39 Å². The van der Waals surface area contributed by atoms with E-state index in [-0.39, 0.29) is 11.2 Å². The van der Waals surface area contributed by atoms with Crippen LogP contribution in [0.2, 0.25) is 0 Å². The van der Waals surface area contributed by atoms with Gasteiger partial charge in [-0.3, -0.25) is 4.99 Å². The Kier molecular flexibility index (Phi) is 5.74. The number of guanidine groups is 1. The van der Waals surface area contributed by atoms with Crippen LogP contribution in [0.1, 0.15) is 25.2 Å². The lowest BCUT2D eigenvalue weighted by Crippen LogP contribution is -2.44. The molecule has 1 heterocycles. The van der Waals surface area contributed by atoms with E-state index in [1.807, 2.05) is 30.3 Å². The Hall–Kier alpha value is -2.89. The van der Waals surface area contributed by atoms with Gasteiger partial charge in [0.2, 0.25) is 0 Å². The molecule has 0 fully saturated rings. The Morgan fingerprint density at radius 1 is 1.15 bits per heavy atom. The van der Waals surface area contributed by atoms with Crippen LogP contribution in [0.25, 0.3) is 11.0 Å². The quantitative estimate of drug-likeness (QED) is 0.462. The number of H-pyrrole nitrogens is 1. The first-order chi connectivity index (χ1) is 13.0. The molecule has 0 saturated heterocycles. The molecule has 0 radical (unpaired) electrons. The number of halogens is 1. The summed E-state index contributed by atoms with van der Waals surface area (Å²) in [7, 11) is 1.74. The zero-order chi connectivity index (χ0) is 19.3. The van der Waals surface area contributed by atoms with Crippen molar-refractivity contribution in [3.05, 3.63) is 65.7 Å². The lowest BCUT2D eigenvalue weighted by Gasteiger charge is -2.26. The number of hydrogen-bond donors (Lipinski definition) is 3. The Bertz CT molecular complexity index is 896. The number of benzene rings is 2. The topological polar surface area (TPSA) is 65.1 Å². The van der Waals surface area contributed by atoms with E-state index in [4.69, 9.17) is 0 Å². The highest BCUT2D eigenvalue weighted by Gasteiger charge is 2.21. The normalized spacial score (nSPS) is 12.4. The van der Waals surface area contributed by atoms with Crippen LogP contribution in [0, 0.1) is 5.82 Å². The van der Waals surface area contributed by atoms with Gasteiger partial charge in [0.25, 0.3) is 0 Å². The second kappa shape index (κ2) is 8.20. The smallest absolute Gasteiger partial charge is 0.191 e. The van der Waals surface area contributed by atoms with E-state index in [2.05, 4.69) is 39.4 Å². The monoisotopic (exact) mass is 367 g/mol. The van der Waals surface area contributed by atoms with Gasteiger partial charge in [-0.1, -0.05) is 38.1 Å². The summed E-state index contributed by atoms with van der Waals surface area (Å²) in [5.41, 5.74) is 2.75. The number of aromatic amines is 1. The maximum absolute atomic E-state index is 13.5. The molecule has 0 bridgehead atoms. The number of aliphatic imine (C=N–C) groups is 1. The molecule has 0 aliphatic carbocycles. The summed E-state index contributed by atoms with van der Waals surface area (Å²) in [4.78, 5) is 12.2. The molecule has 6 heteroatoms. The summed E-state index contributed by atoms with van der Waals surface area (Å²) >= 11 is 0. The first kappa shape index (κ1) is 18.9. The molecule has 0 aliphatic rings. The molecular formula is C21H26FN5. The number of rotatable bonds is 6. The lowest BCUT2D eigenvalue weighted by molar-refractivity contribution is 0.503. The second-order valence-electron chi connectivity index (χ2n) is 7.20. The molecule has 3 N–H and O–H groups in total. The minimum atomic E-state index is -0.224. The number of hydrogen-bond acceptors (Lipinski definition) is 2. The molecule has 0 saturated carbocycles. The van der Waals surface area contributed by atoms with E-state index < -0.39 is 0 Å². The van der Waals surface area contributed by atoms with Crippen molar-refractivity contribution in [1.29, 1.82) is 0 Å². The SMILES string of the molecule is CN=C(NCCc1nc2ccccc2[nH]1)NCC(C)(C)c1cccc(F)c1. The average Bonchev–Trinajstić information content (AvgIpc) is 3.07. The molecule has 1 aromatic heterocycles. The third kappa shape index (κ3) is 4.84. The van der Waals surface area contributed by atoms with Gasteiger partial charge in [-0.25, -0.2) is 9.37 Å². The van der Waals surface area contributed by atoms with Gasteiger partial charge in [-0.2, -0.15) is 0 Å². The molecule has 3 aromatic rings. The van der Waals surface area contributed by atoms with Gasteiger partial charge in [-0.05, 0) is 29.8 Å². The van der Waals surface area contributed by atoms with Gasteiger partial charge in [0.1, 0.15) is 11.6 Å². The number of para-hydroxylation sites is 2. The Labute approximate surface area is 159 Å². The van der Waals surface area contributed by atoms with Crippen molar-refractivity contribution in [1.82, 2.24) is 20.6 Å². The molecule has 0 amide bonds. The van der Waals surface area contributed by atoms with Crippen LogP contribution in [0.4, 0.5) is 4.39 Å². The van der Waals surface area contributed by atoms with Crippen LogP contribution in [-0.4, -0.2) is 36.1 Å². The summed E-state index contributed by atoms with van der Waals surface area (Å²) in [5, 5.41) is 6.63. The molecule has 142 valence electrons. The maximum atomic E-state index is 13.5. The maximum Gasteiger partial charge on any atom is 0.191 e. The predicted molar refractivity (Wildman–Crippen MR) is 109 cm³/mol. The fourth-order valence-electron chi connectivity index (χ4n) is 2.96. The van der Waals surface area contributed by atoms with Crippen molar-refractivity contribution in [3.63, 3.8) is 0 Å². The predicted octanol–water partition coefficient (Wildman–Crippen LogP) is 3.39. The minimum Gasteiger partial charge on any atom is -0.356 e. The van der Waals surface area contributed by atoms with Crippen molar-refractivity contribution in [2.75, 3.05) is 20.1 Å². The van der Waals surface area contributed by atoms with Crippen LogP contribution in [0.5, 0.6) is 0 Å². The minimum absolute atomic E-state index is 0.214.